The van der Waals surface area contributed by atoms with E-state index in [2.05, 4.69) is 9.72 Å². The molecule has 2 fully saturated rings. The number of amides is 2. The summed E-state index contributed by atoms with van der Waals surface area (Å²) in [5.74, 6) is 0.874. The summed E-state index contributed by atoms with van der Waals surface area (Å²) in [4.78, 5) is 32.3. The first-order chi connectivity index (χ1) is 17.2. The van der Waals surface area contributed by atoms with Crippen molar-refractivity contribution in [2.24, 2.45) is 0 Å². The standard InChI is InChI=1S/C24H26F3N3O6/c1-33-18-3-5-19(6-4-18)34-14-20-13-30(23(32)36-20)17-8-10-29(11-9-17)22(31)16-2-7-21(28-12-16)35-15-24(25,26)27/h2-7,12,17,20H,8-11,13-15H2,1H3. The molecule has 194 valence electrons. The zero-order valence-corrected chi connectivity index (χ0v) is 19.6. The summed E-state index contributed by atoms with van der Waals surface area (Å²) in [6.45, 7) is 0.0198. The number of piperidine rings is 1. The molecule has 0 saturated carbocycles. The Balaban J connectivity index is 1.23. The Bertz CT molecular complexity index is 1040. The number of carbonyl (C=O) groups excluding carboxylic acids is 2. The van der Waals surface area contributed by atoms with Gasteiger partial charge in [0.05, 0.1) is 19.2 Å². The van der Waals surface area contributed by atoms with Gasteiger partial charge in [-0.2, -0.15) is 13.2 Å². The highest BCUT2D eigenvalue weighted by atomic mass is 19.4. The fraction of sp³-hybridized carbons (Fsp3) is 0.458. The predicted molar refractivity (Wildman–Crippen MR) is 120 cm³/mol. The highest BCUT2D eigenvalue weighted by Crippen LogP contribution is 2.25. The number of pyridine rings is 1. The molecule has 2 saturated heterocycles. The summed E-state index contributed by atoms with van der Waals surface area (Å²) >= 11 is 0. The van der Waals surface area contributed by atoms with Crippen molar-refractivity contribution in [3.63, 3.8) is 0 Å². The molecule has 1 aromatic carbocycles. The molecule has 1 atom stereocenters. The van der Waals surface area contributed by atoms with Gasteiger partial charge < -0.3 is 28.7 Å². The molecule has 1 unspecified atom stereocenters. The summed E-state index contributed by atoms with van der Waals surface area (Å²) in [6.07, 6.45) is -2.91. The summed E-state index contributed by atoms with van der Waals surface area (Å²) in [7, 11) is 1.58. The van der Waals surface area contributed by atoms with Crippen molar-refractivity contribution in [1.29, 1.82) is 0 Å². The number of rotatable bonds is 8. The molecule has 0 radical (unpaired) electrons. The van der Waals surface area contributed by atoms with Crippen LogP contribution >= 0.6 is 0 Å². The summed E-state index contributed by atoms with van der Waals surface area (Å²) < 4.78 is 57.6. The van der Waals surface area contributed by atoms with Crippen LogP contribution in [0.4, 0.5) is 18.0 Å². The van der Waals surface area contributed by atoms with Crippen LogP contribution in [0.3, 0.4) is 0 Å². The molecule has 2 aliphatic heterocycles. The van der Waals surface area contributed by atoms with Gasteiger partial charge in [0.25, 0.3) is 5.91 Å². The maximum Gasteiger partial charge on any atom is 0.422 e. The number of aromatic nitrogens is 1. The van der Waals surface area contributed by atoms with Crippen molar-refractivity contribution in [2.45, 2.75) is 31.2 Å². The molecule has 4 rings (SSSR count). The lowest BCUT2D eigenvalue weighted by Crippen LogP contribution is -2.47. The summed E-state index contributed by atoms with van der Waals surface area (Å²) in [5.41, 5.74) is 0.254. The third-order valence-corrected chi connectivity index (χ3v) is 5.96. The highest BCUT2D eigenvalue weighted by Gasteiger charge is 2.38. The number of hydrogen-bond acceptors (Lipinski definition) is 7. The normalized spacial score (nSPS) is 18.7. The molecule has 9 nitrogen and oxygen atoms in total. The van der Waals surface area contributed by atoms with E-state index >= 15 is 0 Å². The Hall–Kier alpha value is -3.70. The van der Waals surface area contributed by atoms with Crippen molar-refractivity contribution < 1.29 is 41.7 Å². The molecule has 2 amide bonds. The lowest BCUT2D eigenvalue weighted by atomic mass is 10.0. The van der Waals surface area contributed by atoms with E-state index in [0.717, 1.165) is 0 Å². The topological polar surface area (TPSA) is 90.4 Å². The van der Waals surface area contributed by atoms with Crippen LogP contribution in [-0.2, 0) is 4.74 Å². The highest BCUT2D eigenvalue weighted by molar-refractivity contribution is 5.94. The number of likely N-dealkylation sites (tertiary alicyclic amines) is 1. The Morgan fingerprint density at radius 3 is 2.39 bits per heavy atom. The van der Waals surface area contributed by atoms with Gasteiger partial charge in [0.15, 0.2) is 12.7 Å². The molecular weight excluding hydrogens is 483 g/mol. The first-order valence-corrected chi connectivity index (χ1v) is 11.4. The monoisotopic (exact) mass is 509 g/mol. The van der Waals surface area contributed by atoms with Gasteiger partial charge in [0.1, 0.15) is 18.1 Å². The van der Waals surface area contributed by atoms with Crippen molar-refractivity contribution in [2.75, 3.05) is 40.0 Å². The average molecular weight is 509 g/mol. The number of methoxy groups -OCH3 is 1. The second-order valence-corrected chi connectivity index (χ2v) is 8.46. The van der Waals surface area contributed by atoms with E-state index in [1.54, 1.807) is 41.2 Å². The quantitative estimate of drug-likeness (QED) is 0.538. The minimum Gasteiger partial charge on any atom is -0.497 e. The third kappa shape index (κ3) is 6.49. The van der Waals surface area contributed by atoms with E-state index in [0.29, 0.717) is 44.0 Å². The second kappa shape index (κ2) is 10.9. The molecular formula is C24H26F3N3O6. The minimum absolute atomic E-state index is 0.0659. The van der Waals surface area contributed by atoms with Gasteiger partial charge >= 0.3 is 12.3 Å². The van der Waals surface area contributed by atoms with Gasteiger partial charge in [0.2, 0.25) is 5.88 Å². The number of alkyl halides is 3. The van der Waals surface area contributed by atoms with Gasteiger partial charge in [-0.3, -0.25) is 4.79 Å². The number of benzene rings is 1. The van der Waals surface area contributed by atoms with E-state index in [4.69, 9.17) is 14.2 Å². The van der Waals surface area contributed by atoms with Crippen LogP contribution in [0, 0.1) is 0 Å². The van der Waals surface area contributed by atoms with E-state index in [1.165, 1.54) is 18.3 Å². The summed E-state index contributed by atoms with van der Waals surface area (Å²) in [6, 6.07) is 9.67. The van der Waals surface area contributed by atoms with Crippen molar-refractivity contribution in [1.82, 2.24) is 14.8 Å². The van der Waals surface area contributed by atoms with Crippen LogP contribution in [0.2, 0.25) is 0 Å². The molecule has 2 aromatic rings. The first-order valence-electron chi connectivity index (χ1n) is 11.4. The van der Waals surface area contributed by atoms with Gasteiger partial charge in [-0.05, 0) is 43.2 Å². The van der Waals surface area contributed by atoms with Crippen LogP contribution in [0.25, 0.3) is 0 Å². The van der Waals surface area contributed by atoms with Gasteiger partial charge in [-0.25, -0.2) is 9.78 Å². The number of halogens is 3. The fourth-order valence-electron chi connectivity index (χ4n) is 4.10. The predicted octanol–water partition coefficient (Wildman–Crippen LogP) is 3.54. The lowest BCUT2D eigenvalue weighted by Gasteiger charge is -2.35. The zero-order chi connectivity index (χ0) is 25.7. The van der Waals surface area contributed by atoms with Crippen molar-refractivity contribution >= 4 is 12.0 Å². The largest absolute Gasteiger partial charge is 0.497 e. The minimum atomic E-state index is -4.47. The molecule has 2 aliphatic rings. The number of carbonyl (C=O) groups is 2. The maximum absolute atomic E-state index is 12.8. The Morgan fingerprint density at radius 1 is 1.08 bits per heavy atom. The number of hydrogen-bond donors (Lipinski definition) is 0. The number of nitrogens with zero attached hydrogens (tertiary/aromatic N) is 3. The molecule has 3 heterocycles. The van der Waals surface area contributed by atoms with E-state index in [-0.39, 0.29) is 30.0 Å². The number of cyclic esters (lactones) is 1. The fourth-order valence-corrected chi connectivity index (χ4v) is 4.10. The van der Waals surface area contributed by atoms with Crippen molar-refractivity contribution in [3.05, 3.63) is 48.2 Å². The van der Waals surface area contributed by atoms with Crippen LogP contribution in [0.15, 0.2) is 42.6 Å². The number of ether oxygens (including phenoxy) is 4. The van der Waals surface area contributed by atoms with E-state index in [1.807, 2.05) is 0 Å². The second-order valence-electron chi connectivity index (χ2n) is 8.46. The molecule has 0 spiro atoms. The molecule has 0 bridgehead atoms. The molecule has 1 aromatic heterocycles. The van der Waals surface area contributed by atoms with Crippen LogP contribution in [0.5, 0.6) is 17.4 Å². The smallest absolute Gasteiger partial charge is 0.422 e. The van der Waals surface area contributed by atoms with E-state index < -0.39 is 25.0 Å². The molecule has 0 N–H and O–H groups in total. The Labute approximate surface area is 205 Å². The zero-order valence-electron chi connectivity index (χ0n) is 19.6. The van der Waals surface area contributed by atoms with Gasteiger partial charge in [0, 0.05) is 31.4 Å². The van der Waals surface area contributed by atoms with Crippen LogP contribution in [0.1, 0.15) is 23.2 Å². The Kier molecular flexibility index (Phi) is 7.70. The third-order valence-electron chi connectivity index (χ3n) is 5.96. The maximum atomic E-state index is 12.8. The average Bonchev–Trinajstić information content (AvgIpc) is 3.26. The van der Waals surface area contributed by atoms with Crippen LogP contribution < -0.4 is 14.2 Å². The van der Waals surface area contributed by atoms with E-state index in [9.17, 15) is 22.8 Å². The SMILES string of the molecule is COc1ccc(OCC2CN(C3CCN(C(=O)c4ccc(OCC(F)(F)F)nc4)CC3)C(=O)O2)cc1. The molecule has 0 aliphatic carbocycles. The van der Waals surface area contributed by atoms with Crippen LogP contribution in [-0.4, -0.2) is 85.1 Å². The lowest BCUT2D eigenvalue weighted by molar-refractivity contribution is -0.154. The molecule has 12 heteroatoms. The van der Waals surface area contributed by atoms with Crippen molar-refractivity contribution in [3.8, 4) is 17.4 Å². The van der Waals surface area contributed by atoms with Gasteiger partial charge in [-0.1, -0.05) is 0 Å². The summed E-state index contributed by atoms with van der Waals surface area (Å²) in [5, 5.41) is 0. The molecule has 36 heavy (non-hydrogen) atoms. The Morgan fingerprint density at radius 2 is 1.78 bits per heavy atom. The van der Waals surface area contributed by atoms with Gasteiger partial charge in [-0.15, -0.1) is 0 Å². The first kappa shape index (κ1) is 25.4.